The highest BCUT2D eigenvalue weighted by Crippen LogP contribution is 2.32. The maximum absolute atomic E-state index is 13.6. The number of esters is 1. The maximum atomic E-state index is 13.6. The molecular weight excluding hydrogens is 508 g/mol. The van der Waals surface area contributed by atoms with Gasteiger partial charge in [-0.2, -0.15) is 0 Å². The van der Waals surface area contributed by atoms with Crippen LogP contribution < -0.4 is 0 Å². The highest BCUT2D eigenvalue weighted by atomic mass is 16.7. The molecule has 0 radical (unpaired) electrons. The van der Waals surface area contributed by atoms with Gasteiger partial charge in [-0.3, -0.25) is 14.4 Å². The van der Waals surface area contributed by atoms with Crippen LogP contribution in [0, 0.1) is 10.8 Å². The monoisotopic (exact) mass is 548 g/mol. The van der Waals surface area contributed by atoms with E-state index in [1.807, 2.05) is 52.0 Å². The smallest absolute Gasteiger partial charge is 0.340 e. The summed E-state index contributed by atoms with van der Waals surface area (Å²) in [6.07, 6.45) is 0.291. The van der Waals surface area contributed by atoms with Gasteiger partial charge in [0.25, 0.3) is 0 Å². The molecule has 0 aliphatic rings. The molecule has 3 aromatic rings. The summed E-state index contributed by atoms with van der Waals surface area (Å²) in [5.74, 6) is -1.46. The molecule has 0 saturated heterocycles. The second-order valence-electron chi connectivity index (χ2n) is 12.2. The van der Waals surface area contributed by atoms with E-state index in [0.29, 0.717) is 24.1 Å². The second-order valence-corrected chi connectivity index (χ2v) is 12.2. The van der Waals surface area contributed by atoms with E-state index in [4.69, 9.17) is 9.57 Å². The van der Waals surface area contributed by atoms with Gasteiger partial charge in [-0.1, -0.05) is 25.9 Å². The summed E-state index contributed by atoms with van der Waals surface area (Å²) in [7, 11) is 0. The third-order valence-electron chi connectivity index (χ3n) is 6.44. The van der Waals surface area contributed by atoms with Crippen molar-refractivity contribution in [3.8, 4) is 0 Å². The first-order valence-electron chi connectivity index (χ1n) is 13.7. The van der Waals surface area contributed by atoms with Crippen molar-refractivity contribution < 1.29 is 28.8 Å². The number of carbonyl (C=O) groups is 4. The van der Waals surface area contributed by atoms with E-state index in [2.05, 4.69) is 9.72 Å². The number of hydrogen-bond acceptors (Lipinski definition) is 7. The van der Waals surface area contributed by atoms with Gasteiger partial charge in [-0.25, -0.2) is 4.79 Å². The molecule has 0 amide bonds. The van der Waals surface area contributed by atoms with Crippen LogP contribution in [0.5, 0.6) is 0 Å². The van der Waals surface area contributed by atoms with Crippen molar-refractivity contribution in [2.45, 2.75) is 81.2 Å². The second kappa shape index (κ2) is 12.1. The number of nitrogens with zero attached hydrogens (tertiary/aromatic N) is 2. The molecule has 0 aliphatic heterocycles. The van der Waals surface area contributed by atoms with E-state index in [1.165, 1.54) is 0 Å². The molecule has 0 saturated carbocycles. The van der Waals surface area contributed by atoms with Crippen LogP contribution in [-0.4, -0.2) is 40.4 Å². The van der Waals surface area contributed by atoms with Gasteiger partial charge >= 0.3 is 11.9 Å². The minimum Gasteiger partial charge on any atom is -0.466 e. The molecule has 0 bridgehead atoms. The summed E-state index contributed by atoms with van der Waals surface area (Å²) in [6, 6.07) is 11.0. The fourth-order valence-electron chi connectivity index (χ4n) is 4.40. The molecule has 0 fully saturated rings. The lowest BCUT2D eigenvalue weighted by molar-refractivity contribution is -0.152. The van der Waals surface area contributed by atoms with Gasteiger partial charge in [-0.15, -0.1) is 0 Å². The van der Waals surface area contributed by atoms with Crippen LogP contribution in [0.2, 0.25) is 0 Å². The van der Waals surface area contributed by atoms with E-state index in [9.17, 15) is 19.2 Å². The Hall–Kier alpha value is -3.81. The predicted molar refractivity (Wildman–Crippen MR) is 157 cm³/mol. The Balaban J connectivity index is 2.07. The lowest BCUT2D eigenvalue weighted by Gasteiger charge is -2.16. The Morgan fingerprint density at radius 2 is 1.40 bits per heavy atom. The number of carbonyl (C=O) groups excluding carboxylic acids is 4. The normalized spacial score (nSPS) is 12.6. The maximum Gasteiger partial charge on any atom is 0.340 e. The quantitative estimate of drug-likeness (QED) is 0.0897. The summed E-state index contributed by atoms with van der Waals surface area (Å²) < 4.78 is 7.13. The van der Waals surface area contributed by atoms with Crippen molar-refractivity contribution in [1.82, 2.24) is 4.57 Å². The number of fused-ring (bicyclic) bond motifs is 3. The molecule has 8 heteroatoms. The number of oxime groups is 1. The van der Waals surface area contributed by atoms with Crippen molar-refractivity contribution in [3.63, 3.8) is 0 Å². The number of Topliss-reactive ketones (excluding diaryl/α,β-unsaturated/α-hetero) is 2. The van der Waals surface area contributed by atoms with Gasteiger partial charge in [0.2, 0.25) is 5.78 Å². The molecule has 214 valence electrons. The van der Waals surface area contributed by atoms with E-state index in [0.717, 1.165) is 21.8 Å². The summed E-state index contributed by atoms with van der Waals surface area (Å²) in [4.78, 5) is 56.1. The topological polar surface area (TPSA) is 104 Å². The summed E-state index contributed by atoms with van der Waals surface area (Å²) in [6.45, 7) is 15.8. The summed E-state index contributed by atoms with van der Waals surface area (Å²) >= 11 is 0. The number of benzene rings is 2. The Labute approximate surface area is 235 Å². The molecule has 1 heterocycles. The Bertz CT molecular complexity index is 1480. The largest absolute Gasteiger partial charge is 0.466 e. The van der Waals surface area contributed by atoms with Crippen LogP contribution in [0.25, 0.3) is 21.8 Å². The van der Waals surface area contributed by atoms with Gasteiger partial charge in [0.15, 0.2) is 5.78 Å². The number of ether oxygens (including phenoxy) is 1. The predicted octanol–water partition coefficient (Wildman–Crippen LogP) is 6.90. The first-order chi connectivity index (χ1) is 18.7. The summed E-state index contributed by atoms with van der Waals surface area (Å²) in [5.41, 5.74) is 1.85. The number of hydrogen-bond donors (Lipinski definition) is 0. The first kappa shape index (κ1) is 30.7. The standard InChI is InChI=1S/C32H40N2O6/c1-9-34-25-14-11-20(27(35)19-31(3,4)5)17-22(25)23-18-21(12-15-26(23)34)29(37)24(13-16-28(36)39-10-2)33-40-30(38)32(6,7)8/h11-12,14-15,17-18H,9-10,13,16,19H2,1-8H3. The van der Waals surface area contributed by atoms with E-state index in [-0.39, 0.29) is 36.4 Å². The zero-order valence-corrected chi connectivity index (χ0v) is 24.8. The minimum atomic E-state index is -0.818. The minimum absolute atomic E-state index is 0.0463. The highest BCUT2D eigenvalue weighted by Gasteiger charge is 2.26. The molecule has 0 atom stereocenters. The molecule has 0 spiro atoms. The average molecular weight is 549 g/mol. The molecule has 0 aliphatic carbocycles. The molecular formula is C32H40N2O6. The van der Waals surface area contributed by atoms with E-state index in [1.54, 1.807) is 39.8 Å². The number of aromatic nitrogens is 1. The van der Waals surface area contributed by atoms with Gasteiger partial charge in [0, 0.05) is 52.3 Å². The van der Waals surface area contributed by atoms with Crippen molar-refractivity contribution >= 4 is 51.0 Å². The number of aryl methyl sites for hydroxylation is 1. The molecule has 2 aromatic carbocycles. The number of ketones is 2. The molecule has 0 N–H and O–H groups in total. The van der Waals surface area contributed by atoms with Crippen LogP contribution in [0.3, 0.4) is 0 Å². The molecule has 0 unspecified atom stereocenters. The molecule has 40 heavy (non-hydrogen) atoms. The zero-order valence-electron chi connectivity index (χ0n) is 24.8. The molecule has 3 rings (SSSR count). The lowest BCUT2D eigenvalue weighted by atomic mass is 9.87. The van der Waals surface area contributed by atoms with Crippen LogP contribution in [-0.2, 0) is 25.7 Å². The summed E-state index contributed by atoms with van der Waals surface area (Å²) in [5, 5.41) is 5.59. The third kappa shape index (κ3) is 7.23. The fourth-order valence-corrected chi connectivity index (χ4v) is 4.40. The van der Waals surface area contributed by atoms with Crippen LogP contribution in [0.1, 0.15) is 95.4 Å². The third-order valence-corrected chi connectivity index (χ3v) is 6.44. The molecule has 1 aromatic heterocycles. The Morgan fingerprint density at radius 3 is 1.93 bits per heavy atom. The van der Waals surface area contributed by atoms with Gasteiger partial charge in [-0.05, 0) is 76.4 Å². The Kier molecular flexibility index (Phi) is 9.33. The van der Waals surface area contributed by atoms with Crippen molar-refractivity contribution in [1.29, 1.82) is 0 Å². The lowest BCUT2D eigenvalue weighted by Crippen LogP contribution is -2.23. The van der Waals surface area contributed by atoms with Gasteiger partial charge in [0.05, 0.1) is 18.4 Å². The van der Waals surface area contributed by atoms with Crippen LogP contribution in [0.15, 0.2) is 41.6 Å². The van der Waals surface area contributed by atoms with Crippen LogP contribution >= 0.6 is 0 Å². The van der Waals surface area contributed by atoms with Crippen molar-refractivity contribution in [2.24, 2.45) is 16.0 Å². The molecule has 8 nitrogen and oxygen atoms in total. The van der Waals surface area contributed by atoms with E-state index < -0.39 is 23.1 Å². The first-order valence-corrected chi connectivity index (χ1v) is 13.7. The Morgan fingerprint density at radius 1 is 0.825 bits per heavy atom. The van der Waals surface area contributed by atoms with E-state index >= 15 is 0 Å². The van der Waals surface area contributed by atoms with Gasteiger partial charge in [0.1, 0.15) is 5.71 Å². The average Bonchev–Trinajstić information content (AvgIpc) is 3.19. The van der Waals surface area contributed by atoms with Gasteiger partial charge < -0.3 is 14.1 Å². The van der Waals surface area contributed by atoms with Crippen LogP contribution in [0.4, 0.5) is 0 Å². The SMILES string of the molecule is CCOC(=O)CCC(=NOC(=O)C(C)(C)C)C(=O)c1ccc2c(c1)c1cc(C(=O)CC(C)(C)C)ccc1n2CC. The fraction of sp³-hybridized carbons (Fsp3) is 0.469. The van der Waals surface area contributed by atoms with Crippen molar-refractivity contribution in [2.75, 3.05) is 6.61 Å². The van der Waals surface area contributed by atoms with Crippen molar-refractivity contribution in [3.05, 3.63) is 47.5 Å². The zero-order chi connectivity index (χ0) is 29.8. The number of rotatable bonds is 10. The highest BCUT2D eigenvalue weighted by molar-refractivity contribution is 6.46.